The van der Waals surface area contributed by atoms with Gasteiger partial charge in [0, 0.05) is 19.1 Å². The lowest BCUT2D eigenvalue weighted by Gasteiger charge is -2.09. The summed E-state index contributed by atoms with van der Waals surface area (Å²) in [5.41, 5.74) is 5.42. The Labute approximate surface area is 88.3 Å². The SMILES string of the molecule is CC(=O)CC(CSC(C)=O)N=C(C)N. The normalized spacial score (nSPS) is 13.8. The number of hydrogen-bond donors (Lipinski definition) is 1. The molecule has 0 aliphatic carbocycles. The molecule has 0 saturated carbocycles. The molecule has 0 heterocycles. The van der Waals surface area contributed by atoms with Gasteiger partial charge in [0.1, 0.15) is 5.78 Å². The Morgan fingerprint density at radius 1 is 1.36 bits per heavy atom. The molecule has 80 valence electrons. The molecule has 1 atom stereocenters. The predicted molar refractivity (Wildman–Crippen MR) is 59.5 cm³/mol. The number of ketones is 1. The number of nitrogens with two attached hydrogens (primary N) is 1. The Kier molecular flexibility index (Phi) is 6.19. The molecule has 4 nitrogen and oxygen atoms in total. The monoisotopic (exact) mass is 216 g/mol. The Bertz CT molecular complexity index is 247. The fourth-order valence-corrected chi connectivity index (χ4v) is 1.59. The van der Waals surface area contributed by atoms with Crippen molar-refractivity contribution in [2.45, 2.75) is 33.2 Å². The van der Waals surface area contributed by atoms with Crippen LogP contribution in [0.3, 0.4) is 0 Å². The van der Waals surface area contributed by atoms with E-state index in [9.17, 15) is 9.59 Å². The molecule has 0 fully saturated rings. The van der Waals surface area contributed by atoms with E-state index < -0.39 is 0 Å². The van der Waals surface area contributed by atoms with Gasteiger partial charge < -0.3 is 5.73 Å². The van der Waals surface area contributed by atoms with Gasteiger partial charge in [-0.1, -0.05) is 11.8 Å². The average molecular weight is 216 g/mol. The molecule has 0 aromatic rings. The third-order valence-corrected chi connectivity index (χ3v) is 2.35. The van der Waals surface area contributed by atoms with E-state index in [0.29, 0.717) is 18.0 Å². The van der Waals surface area contributed by atoms with E-state index in [1.165, 1.54) is 25.6 Å². The van der Waals surface area contributed by atoms with Gasteiger partial charge in [-0.15, -0.1) is 0 Å². The van der Waals surface area contributed by atoms with Crippen molar-refractivity contribution in [2.75, 3.05) is 5.75 Å². The lowest BCUT2D eigenvalue weighted by Crippen LogP contribution is -2.18. The van der Waals surface area contributed by atoms with Crippen molar-refractivity contribution in [1.29, 1.82) is 0 Å². The van der Waals surface area contributed by atoms with Gasteiger partial charge in [-0.3, -0.25) is 14.6 Å². The topological polar surface area (TPSA) is 72.5 Å². The predicted octanol–water partition coefficient (Wildman–Crippen LogP) is 0.991. The highest BCUT2D eigenvalue weighted by Gasteiger charge is 2.11. The summed E-state index contributed by atoms with van der Waals surface area (Å²) in [5.74, 6) is 1.02. The minimum Gasteiger partial charge on any atom is -0.388 e. The van der Waals surface area contributed by atoms with Crippen LogP contribution >= 0.6 is 11.8 Å². The quantitative estimate of drug-likeness (QED) is 0.549. The highest BCUT2D eigenvalue weighted by atomic mass is 32.2. The number of carbonyl (C=O) groups is 2. The number of nitrogens with zero attached hydrogens (tertiary/aromatic N) is 1. The van der Waals surface area contributed by atoms with Crippen molar-refractivity contribution < 1.29 is 9.59 Å². The van der Waals surface area contributed by atoms with Crippen LogP contribution in [-0.2, 0) is 9.59 Å². The number of thioether (sulfide) groups is 1. The largest absolute Gasteiger partial charge is 0.388 e. The zero-order valence-corrected chi connectivity index (χ0v) is 9.56. The fourth-order valence-electron chi connectivity index (χ4n) is 0.975. The summed E-state index contributed by atoms with van der Waals surface area (Å²) >= 11 is 1.17. The molecule has 0 aromatic heterocycles. The van der Waals surface area contributed by atoms with E-state index >= 15 is 0 Å². The summed E-state index contributed by atoms with van der Waals surface area (Å²) in [6, 6.07) is -0.175. The number of Topliss-reactive ketones (excluding diaryl/α,β-unsaturated/α-hetero) is 1. The second kappa shape index (κ2) is 6.59. The van der Waals surface area contributed by atoms with Crippen molar-refractivity contribution in [3.63, 3.8) is 0 Å². The van der Waals surface area contributed by atoms with Gasteiger partial charge in [0.25, 0.3) is 0 Å². The van der Waals surface area contributed by atoms with Crippen LogP contribution in [0.1, 0.15) is 27.2 Å². The van der Waals surface area contributed by atoms with E-state index in [2.05, 4.69) is 4.99 Å². The first-order valence-corrected chi connectivity index (χ1v) is 5.33. The van der Waals surface area contributed by atoms with Crippen LogP contribution in [0, 0.1) is 0 Å². The lowest BCUT2D eigenvalue weighted by molar-refractivity contribution is -0.117. The van der Waals surface area contributed by atoms with Gasteiger partial charge in [0.2, 0.25) is 0 Å². The fraction of sp³-hybridized carbons (Fsp3) is 0.667. The summed E-state index contributed by atoms with van der Waals surface area (Å²) in [6.07, 6.45) is 0.342. The van der Waals surface area contributed by atoms with Crippen LogP contribution < -0.4 is 5.73 Å². The number of amidine groups is 1. The van der Waals surface area contributed by atoms with Crippen molar-refractivity contribution in [1.82, 2.24) is 0 Å². The molecule has 0 aliphatic heterocycles. The van der Waals surface area contributed by atoms with E-state index in [1.807, 2.05) is 0 Å². The van der Waals surface area contributed by atoms with Gasteiger partial charge in [-0.05, 0) is 13.8 Å². The Morgan fingerprint density at radius 2 is 1.93 bits per heavy atom. The van der Waals surface area contributed by atoms with Crippen molar-refractivity contribution in [3.8, 4) is 0 Å². The van der Waals surface area contributed by atoms with Crippen molar-refractivity contribution in [2.24, 2.45) is 10.7 Å². The molecule has 0 aromatic carbocycles. The maximum Gasteiger partial charge on any atom is 0.185 e. The van der Waals surface area contributed by atoms with Gasteiger partial charge in [0.15, 0.2) is 5.12 Å². The number of hydrogen-bond acceptors (Lipinski definition) is 4. The van der Waals surface area contributed by atoms with Gasteiger partial charge >= 0.3 is 0 Å². The molecular weight excluding hydrogens is 200 g/mol. The average Bonchev–Trinajstić information content (AvgIpc) is 1.97. The third-order valence-electron chi connectivity index (χ3n) is 1.39. The summed E-state index contributed by atoms with van der Waals surface area (Å²) in [5, 5.41) is 0.0310. The van der Waals surface area contributed by atoms with Gasteiger partial charge in [-0.25, -0.2) is 0 Å². The molecule has 14 heavy (non-hydrogen) atoms. The van der Waals surface area contributed by atoms with Crippen LogP contribution in [0.5, 0.6) is 0 Å². The van der Waals surface area contributed by atoms with Crippen LogP contribution in [-0.4, -0.2) is 28.5 Å². The summed E-state index contributed by atoms with van der Waals surface area (Å²) in [7, 11) is 0. The first-order chi connectivity index (χ1) is 6.41. The molecule has 0 spiro atoms. The first kappa shape index (κ1) is 13.2. The Morgan fingerprint density at radius 3 is 2.29 bits per heavy atom. The molecule has 0 aliphatic rings. The van der Waals surface area contributed by atoms with E-state index in [-0.39, 0.29) is 16.9 Å². The first-order valence-electron chi connectivity index (χ1n) is 4.34. The second-order valence-electron chi connectivity index (χ2n) is 3.13. The highest BCUT2D eigenvalue weighted by Crippen LogP contribution is 2.10. The number of carbonyl (C=O) groups excluding carboxylic acids is 2. The maximum atomic E-state index is 10.9. The summed E-state index contributed by atoms with van der Waals surface area (Å²) in [6.45, 7) is 4.67. The molecule has 2 N–H and O–H groups in total. The number of rotatable bonds is 5. The highest BCUT2D eigenvalue weighted by molar-refractivity contribution is 8.13. The van der Waals surface area contributed by atoms with Crippen LogP contribution in [0.2, 0.25) is 0 Å². The van der Waals surface area contributed by atoms with E-state index in [4.69, 9.17) is 5.73 Å². The molecule has 0 bridgehead atoms. The molecule has 0 amide bonds. The van der Waals surface area contributed by atoms with Crippen molar-refractivity contribution >= 4 is 28.5 Å². The molecule has 0 radical (unpaired) electrons. The Balaban J connectivity index is 4.18. The van der Waals surface area contributed by atoms with Crippen LogP contribution in [0.25, 0.3) is 0 Å². The molecule has 0 rings (SSSR count). The standard InChI is InChI=1S/C9H16N2O2S/c1-6(12)4-9(11-7(2)10)5-14-8(3)13/h9H,4-5H2,1-3H3,(H2,10,11). The van der Waals surface area contributed by atoms with Gasteiger partial charge in [0.05, 0.1) is 11.9 Å². The van der Waals surface area contributed by atoms with E-state index in [1.54, 1.807) is 6.92 Å². The Hall–Kier alpha value is -0.840. The second-order valence-corrected chi connectivity index (χ2v) is 4.33. The zero-order chi connectivity index (χ0) is 11.1. The number of aliphatic imine (C=N–C) groups is 1. The molecule has 1 unspecified atom stereocenters. The van der Waals surface area contributed by atoms with Crippen LogP contribution in [0.4, 0.5) is 0 Å². The smallest absolute Gasteiger partial charge is 0.185 e. The molecular formula is C9H16N2O2S. The van der Waals surface area contributed by atoms with Gasteiger partial charge in [-0.2, -0.15) is 0 Å². The summed E-state index contributed by atoms with van der Waals surface area (Å²) < 4.78 is 0. The van der Waals surface area contributed by atoms with Crippen LogP contribution in [0.15, 0.2) is 4.99 Å². The summed E-state index contributed by atoms with van der Waals surface area (Å²) in [4.78, 5) is 25.7. The zero-order valence-electron chi connectivity index (χ0n) is 8.74. The molecule has 0 saturated heterocycles. The minimum absolute atomic E-state index is 0.0310. The maximum absolute atomic E-state index is 10.9. The van der Waals surface area contributed by atoms with Crippen molar-refractivity contribution in [3.05, 3.63) is 0 Å². The third kappa shape index (κ3) is 7.79. The molecule has 5 heteroatoms. The lowest BCUT2D eigenvalue weighted by atomic mass is 10.2. The van der Waals surface area contributed by atoms with E-state index in [0.717, 1.165) is 0 Å². The minimum atomic E-state index is -0.175.